The Morgan fingerprint density at radius 2 is 1.91 bits per heavy atom. The van der Waals surface area contributed by atoms with E-state index in [0.29, 0.717) is 30.2 Å². The SMILES string of the molecule is Fc1ccccc1OC(F)(F)F.O=C(NC1CCOc2nccnc21)c1ccc(=O)[nH]c1. The van der Waals surface area contributed by atoms with Crippen LogP contribution in [0.15, 0.2) is 59.8 Å². The standard InChI is InChI=1S/C13H12N4O3.C7H4F4O/c18-10-2-1-8(7-16-10)12(19)17-9-3-6-20-13-11(9)14-4-5-15-13;8-5-3-1-2-4-6(5)12-7(9,10)11/h1-2,4-5,7,9H,3,6H2,(H,16,18)(H,17,19);1-4H. The Morgan fingerprint density at radius 1 is 1.16 bits per heavy atom. The summed E-state index contributed by atoms with van der Waals surface area (Å²) >= 11 is 0. The summed E-state index contributed by atoms with van der Waals surface area (Å²) in [6.45, 7) is 0.474. The van der Waals surface area contributed by atoms with Crippen LogP contribution in [0.4, 0.5) is 17.6 Å². The number of amides is 1. The van der Waals surface area contributed by atoms with Gasteiger partial charge < -0.3 is 19.8 Å². The Morgan fingerprint density at radius 3 is 2.59 bits per heavy atom. The fourth-order valence-corrected chi connectivity index (χ4v) is 2.68. The van der Waals surface area contributed by atoms with Gasteiger partial charge in [0.1, 0.15) is 5.69 Å². The molecule has 1 unspecified atom stereocenters. The molecule has 1 aliphatic heterocycles. The highest BCUT2D eigenvalue weighted by Crippen LogP contribution is 2.27. The number of fused-ring (bicyclic) bond motifs is 1. The fourth-order valence-electron chi connectivity index (χ4n) is 2.68. The Hall–Kier alpha value is -3.96. The first-order chi connectivity index (χ1) is 15.2. The number of hydrogen-bond acceptors (Lipinski definition) is 6. The van der Waals surface area contributed by atoms with E-state index in [1.807, 2.05) is 0 Å². The number of benzene rings is 1. The van der Waals surface area contributed by atoms with Crippen LogP contribution < -0.4 is 20.3 Å². The molecule has 1 amide bonds. The molecule has 168 valence electrons. The highest BCUT2D eigenvalue weighted by Gasteiger charge is 2.32. The molecule has 0 radical (unpaired) electrons. The molecule has 2 aromatic heterocycles. The van der Waals surface area contributed by atoms with Crippen LogP contribution in [-0.2, 0) is 0 Å². The van der Waals surface area contributed by atoms with E-state index in [1.54, 1.807) is 12.4 Å². The van der Waals surface area contributed by atoms with Crippen molar-refractivity contribution in [2.24, 2.45) is 0 Å². The van der Waals surface area contributed by atoms with Crippen molar-refractivity contribution >= 4 is 5.91 Å². The van der Waals surface area contributed by atoms with E-state index in [0.717, 1.165) is 12.1 Å². The molecule has 0 saturated carbocycles. The van der Waals surface area contributed by atoms with Gasteiger partial charge in [-0.1, -0.05) is 12.1 Å². The number of rotatable bonds is 3. The van der Waals surface area contributed by atoms with Crippen molar-refractivity contribution in [3.8, 4) is 11.6 Å². The zero-order valence-corrected chi connectivity index (χ0v) is 16.2. The number of carbonyl (C=O) groups excluding carboxylic acids is 1. The fraction of sp³-hybridized carbons (Fsp3) is 0.200. The molecule has 0 bridgehead atoms. The summed E-state index contributed by atoms with van der Waals surface area (Å²) < 4.78 is 55.8. The van der Waals surface area contributed by atoms with Gasteiger partial charge in [-0.3, -0.25) is 14.6 Å². The lowest BCUT2D eigenvalue weighted by Crippen LogP contribution is -2.33. The average Bonchev–Trinajstić information content (AvgIpc) is 2.76. The average molecular weight is 452 g/mol. The highest BCUT2D eigenvalue weighted by molar-refractivity contribution is 5.94. The first kappa shape index (κ1) is 22.7. The van der Waals surface area contributed by atoms with Crippen LogP contribution in [-0.4, -0.2) is 33.8 Å². The van der Waals surface area contributed by atoms with E-state index >= 15 is 0 Å². The minimum atomic E-state index is -4.85. The number of nitrogens with zero attached hydrogens (tertiary/aromatic N) is 2. The molecule has 8 nitrogen and oxygen atoms in total. The normalized spacial score (nSPS) is 14.8. The van der Waals surface area contributed by atoms with Crippen LogP contribution >= 0.6 is 0 Å². The van der Waals surface area contributed by atoms with Crippen LogP contribution in [0.25, 0.3) is 0 Å². The van der Waals surface area contributed by atoms with E-state index < -0.39 is 17.9 Å². The molecule has 1 aromatic carbocycles. The maximum Gasteiger partial charge on any atom is 0.573 e. The van der Waals surface area contributed by atoms with Gasteiger partial charge in [0.05, 0.1) is 18.2 Å². The van der Waals surface area contributed by atoms with Gasteiger partial charge in [-0.15, -0.1) is 13.2 Å². The Labute approximate surface area is 178 Å². The Bertz CT molecular complexity index is 1120. The molecule has 12 heteroatoms. The number of halogens is 4. The molecule has 2 N–H and O–H groups in total. The molecular weight excluding hydrogens is 436 g/mol. The molecule has 1 atom stereocenters. The number of H-pyrrole nitrogens is 1. The highest BCUT2D eigenvalue weighted by atomic mass is 19.4. The summed E-state index contributed by atoms with van der Waals surface area (Å²) in [6, 6.07) is 6.87. The number of alkyl halides is 3. The number of para-hydroxylation sites is 1. The van der Waals surface area contributed by atoms with Gasteiger partial charge in [0.15, 0.2) is 11.6 Å². The number of hydrogen-bond donors (Lipinski definition) is 2. The van der Waals surface area contributed by atoms with Crippen molar-refractivity contribution in [2.75, 3.05) is 6.61 Å². The molecule has 0 spiro atoms. The molecule has 0 fully saturated rings. The van der Waals surface area contributed by atoms with Gasteiger partial charge in [-0.2, -0.15) is 0 Å². The van der Waals surface area contributed by atoms with E-state index in [4.69, 9.17) is 4.74 Å². The monoisotopic (exact) mass is 452 g/mol. The van der Waals surface area contributed by atoms with Crippen molar-refractivity contribution in [1.82, 2.24) is 20.3 Å². The van der Waals surface area contributed by atoms with Crippen molar-refractivity contribution in [1.29, 1.82) is 0 Å². The van der Waals surface area contributed by atoms with Crippen LogP contribution in [0.5, 0.6) is 11.6 Å². The molecular formula is C20H16F4N4O4. The molecule has 3 heterocycles. The summed E-state index contributed by atoms with van der Waals surface area (Å²) in [5.41, 5.74) is 0.766. The third-order valence-electron chi connectivity index (χ3n) is 4.08. The first-order valence-corrected chi connectivity index (χ1v) is 9.16. The predicted molar refractivity (Wildman–Crippen MR) is 102 cm³/mol. The largest absolute Gasteiger partial charge is 0.573 e. The molecule has 32 heavy (non-hydrogen) atoms. The van der Waals surface area contributed by atoms with E-state index in [-0.39, 0.29) is 17.5 Å². The van der Waals surface area contributed by atoms with Crippen LogP contribution in [0.1, 0.15) is 28.5 Å². The lowest BCUT2D eigenvalue weighted by molar-refractivity contribution is -0.275. The number of aromatic amines is 1. The van der Waals surface area contributed by atoms with Crippen molar-refractivity contribution in [3.05, 3.63) is 82.4 Å². The summed E-state index contributed by atoms with van der Waals surface area (Å²) in [6.07, 6.45) is 0.273. The molecule has 3 aromatic rings. The van der Waals surface area contributed by atoms with Gasteiger partial charge in [0, 0.05) is 31.1 Å². The third-order valence-corrected chi connectivity index (χ3v) is 4.08. The molecule has 1 aliphatic rings. The minimum Gasteiger partial charge on any atom is -0.476 e. The number of pyridine rings is 1. The van der Waals surface area contributed by atoms with Crippen LogP contribution in [0, 0.1) is 5.82 Å². The maximum atomic E-state index is 12.5. The molecule has 0 saturated heterocycles. The van der Waals surface area contributed by atoms with E-state index in [1.165, 1.54) is 30.5 Å². The van der Waals surface area contributed by atoms with E-state index in [2.05, 4.69) is 25.0 Å². The second kappa shape index (κ2) is 9.90. The van der Waals surface area contributed by atoms with Gasteiger partial charge in [-0.25, -0.2) is 9.37 Å². The third kappa shape index (κ3) is 6.27. The molecule has 0 aliphatic carbocycles. The Balaban J connectivity index is 0.000000207. The van der Waals surface area contributed by atoms with Gasteiger partial charge in [0.25, 0.3) is 5.91 Å². The summed E-state index contributed by atoms with van der Waals surface area (Å²) in [5, 5.41) is 2.87. The van der Waals surface area contributed by atoms with Gasteiger partial charge >= 0.3 is 6.36 Å². The summed E-state index contributed by atoms with van der Waals surface area (Å²) in [5.74, 6) is -1.67. The van der Waals surface area contributed by atoms with Crippen LogP contribution in [0.3, 0.4) is 0 Å². The minimum absolute atomic E-state index is 0.244. The van der Waals surface area contributed by atoms with Gasteiger partial charge in [0.2, 0.25) is 11.4 Å². The van der Waals surface area contributed by atoms with Crippen molar-refractivity contribution in [3.63, 3.8) is 0 Å². The number of ether oxygens (including phenoxy) is 2. The topological polar surface area (TPSA) is 106 Å². The second-order valence-corrected chi connectivity index (χ2v) is 6.33. The lowest BCUT2D eigenvalue weighted by atomic mass is 10.1. The maximum absolute atomic E-state index is 12.5. The predicted octanol–water partition coefficient (Wildman–Crippen LogP) is 3.14. The number of nitrogens with one attached hydrogen (secondary N) is 2. The summed E-state index contributed by atoms with van der Waals surface area (Å²) in [4.78, 5) is 33.8. The molecule has 4 rings (SSSR count). The van der Waals surface area contributed by atoms with Gasteiger partial charge in [-0.05, 0) is 18.2 Å². The number of aromatic nitrogens is 3. The number of carbonyl (C=O) groups is 1. The smallest absolute Gasteiger partial charge is 0.476 e. The summed E-state index contributed by atoms with van der Waals surface area (Å²) in [7, 11) is 0. The van der Waals surface area contributed by atoms with E-state index in [9.17, 15) is 27.2 Å². The van der Waals surface area contributed by atoms with Crippen molar-refractivity contribution in [2.45, 2.75) is 18.8 Å². The van der Waals surface area contributed by atoms with Crippen LogP contribution in [0.2, 0.25) is 0 Å². The lowest BCUT2D eigenvalue weighted by Gasteiger charge is -2.24. The Kier molecular flexibility index (Phi) is 7.03. The first-order valence-electron chi connectivity index (χ1n) is 9.16. The van der Waals surface area contributed by atoms with Crippen molar-refractivity contribution < 1.29 is 31.8 Å². The quantitative estimate of drug-likeness (QED) is 0.592. The second-order valence-electron chi connectivity index (χ2n) is 6.33. The zero-order valence-electron chi connectivity index (χ0n) is 16.2. The zero-order chi connectivity index (χ0) is 23.1.